The van der Waals surface area contributed by atoms with Crippen LogP contribution in [0, 0.1) is 0 Å². The van der Waals surface area contributed by atoms with Crippen molar-refractivity contribution in [2.75, 3.05) is 0 Å². The molecule has 0 heterocycles. The van der Waals surface area contributed by atoms with Crippen molar-refractivity contribution in [1.82, 2.24) is 10.6 Å². The maximum Gasteiger partial charge on any atom is 0.410 e. The smallest absolute Gasteiger partial charge is 0.410 e. The highest BCUT2D eigenvalue weighted by molar-refractivity contribution is 5.86. The van der Waals surface area contributed by atoms with E-state index in [-0.39, 0.29) is 5.82 Å². The molecule has 0 saturated heterocycles. The van der Waals surface area contributed by atoms with Gasteiger partial charge >= 0.3 is 12.2 Å². The van der Waals surface area contributed by atoms with Crippen molar-refractivity contribution < 1.29 is 19.8 Å². The van der Waals surface area contributed by atoms with Crippen LogP contribution in [-0.2, 0) is 0 Å². The van der Waals surface area contributed by atoms with Gasteiger partial charge in [-0.1, -0.05) is 60.7 Å². The van der Waals surface area contributed by atoms with E-state index in [4.69, 9.17) is 10.2 Å². The van der Waals surface area contributed by atoms with Gasteiger partial charge in [0.05, 0.1) is 0 Å². The summed E-state index contributed by atoms with van der Waals surface area (Å²) in [5, 5.41) is 22.1. The molecule has 112 valence electrons. The summed E-state index contributed by atoms with van der Waals surface area (Å²) in [5.74, 6) is -0.114. The molecular weight excluding hydrogens is 284 g/mol. The Morgan fingerprint density at radius 3 is 1.36 bits per heavy atom. The van der Waals surface area contributed by atoms with Crippen LogP contribution in [0.4, 0.5) is 9.59 Å². The van der Waals surface area contributed by atoms with E-state index in [9.17, 15) is 9.59 Å². The quantitative estimate of drug-likeness (QED) is 0.697. The Kier molecular flexibility index (Phi) is 4.77. The van der Waals surface area contributed by atoms with Crippen molar-refractivity contribution in [3.63, 3.8) is 0 Å². The summed E-state index contributed by atoms with van der Waals surface area (Å²) in [5.41, 5.74) is 1.82. The summed E-state index contributed by atoms with van der Waals surface area (Å²) in [4.78, 5) is 22.0. The molecule has 0 aromatic heterocycles. The Balaban J connectivity index is 2.65. The highest BCUT2D eigenvalue weighted by Crippen LogP contribution is 2.25. The lowest BCUT2D eigenvalue weighted by Gasteiger charge is -2.15. The first kappa shape index (κ1) is 15.1. The van der Waals surface area contributed by atoms with Gasteiger partial charge in [-0.25, -0.2) is 9.59 Å². The van der Waals surface area contributed by atoms with Crippen molar-refractivity contribution in [3.8, 4) is 0 Å². The zero-order chi connectivity index (χ0) is 15.9. The number of hydrogen-bond acceptors (Lipinski definition) is 2. The fourth-order valence-electron chi connectivity index (χ4n) is 2.04. The normalized spacial score (nSPS) is 9.64. The molecule has 0 unspecified atom stereocenters. The zero-order valence-corrected chi connectivity index (χ0v) is 11.5. The van der Waals surface area contributed by atoms with Crippen molar-refractivity contribution in [3.05, 3.63) is 77.6 Å². The number of nitrogens with one attached hydrogen (secondary N) is 2. The molecule has 6 nitrogen and oxygen atoms in total. The largest absolute Gasteiger partial charge is 0.465 e. The maximum atomic E-state index is 11.0. The second kappa shape index (κ2) is 6.94. The number of carbonyl (C=O) groups is 2. The van der Waals surface area contributed by atoms with Crippen molar-refractivity contribution in [1.29, 1.82) is 0 Å². The second-order valence-electron chi connectivity index (χ2n) is 4.34. The lowest BCUT2D eigenvalue weighted by atomic mass is 9.98. The van der Waals surface area contributed by atoms with E-state index in [0.717, 1.165) is 0 Å². The average Bonchev–Trinajstić information content (AvgIpc) is 2.48. The lowest BCUT2D eigenvalue weighted by molar-refractivity contribution is 0.192. The van der Waals surface area contributed by atoms with Crippen LogP contribution in [0.2, 0.25) is 0 Å². The molecule has 0 spiro atoms. The molecule has 2 aromatic carbocycles. The molecule has 6 heteroatoms. The van der Waals surface area contributed by atoms with Gasteiger partial charge in [-0.15, -0.1) is 0 Å². The minimum absolute atomic E-state index is 0.114. The van der Waals surface area contributed by atoms with Crippen LogP contribution < -0.4 is 10.6 Å². The number of hydrogen-bond donors (Lipinski definition) is 4. The van der Waals surface area contributed by atoms with Crippen LogP contribution in [0.5, 0.6) is 0 Å². The van der Waals surface area contributed by atoms with Crippen LogP contribution in [0.15, 0.2) is 66.5 Å². The molecule has 2 amide bonds. The van der Waals surface area contributed by atoms with Gasteiger partial charge in [-0.2, -0.15) is 0 Å². The minimum Gasteiger partial charge on any atom is -0.465 e. The fraction of sp³-hybridized carbons (Fsp3) is 0. The highest BCUT2D eigenvalue weighted by atomic mass is 16.4. The van der Waals surface area contributed by atoms with Gasteiger partial charge in [0.2, 0.25) is 0 Å². The number of rotatable bonds is 4. The molecule has 0 fully saturated rings. The Bertz CT molecular complexity index is 637. The predicted octanol–water partition coefficient (Wildman–Crippen LogP) is 2.94. The summed E-state index contributed by atoms with van der Waals surface area (Å²) < 4.78 is 0. The summed E-state index contributed by atoms with van der Waals surface area (Å²) in [7, 11) is 0. The molecule has 0 atom stereocenters. The standard InChI is InChI=1S/C16H14N2O4/c19-15(20)17-14(18-16(21)22)13(11-7-3-1-4-8-11)12-9-5-2-6-10-12/h1-10,17-18H,(H,19,20)(H,21,22). The Hall–Kier alpha value is -3.28. The monoisotopic (exact) mass is 298 g/mol. The highest BCUT2D eigenvalue weighted by Gasteiger charge is 2.16. The first-order chi connectivity index (χ1) is 10.6. The van der Waals surface area contributed by atoms with Crippen LogP contribution in [0.1, 0.15) is 11.1 Å². The van der Waals surface area contributed by atoms with Gasteiger partial charge in [0.25, 0.3) is 0 Å². The van der Waals surface area contributed by atoms with Crippen LogP contribution in [-0.4, -0.2) is 22.4 Å². The molecule has 0 bridgehead atoms. The van der Waals surface area contributed by atoms with Crippen molar-refractivity contribution in [2.45, 2.75) is 0 Å². The second-order valence-corrected chi connectivity index (χ2v) is 4.34. The van der Waals surface area contributed by atoms with E-state index in [0.29, 0.717) is 16.7 Å². The summed E-state index contributed by atoms with van der Waals surface area (Å²) >= 11 is 0. The van der Waals surface area contributed by atoms with Gasteiger partial charge < -0.3 is 10.2 Å². The zero-order valence-electron chi connectivity index (χ0n) is 11.5. The fourth-order valence-corrected chi connectivity index (χ4v) is 2.04. The number of carboxylic acid groups (broad SMARTS) is 2. The molecule has 0 radical (unpaired) electrons. The number of benzene rings is 2. The molecule has 4 N–H and O–H groups in total. The third kappa shape index (κ3) is 3.86. The maximum absolute atomic E-state index is 11.0. The SMILES string of the molecule is O=C(O)NC(NC(=O)O)=C(c1ccccc1)c1ccccc1. The van der Waals surface area contributed by atoms with Gasteiger partial charge in [0, 0.05) is 5.57 Å². The molecule has 2 aromatic rings. The van der Waals surface area contributed by atoms with E-state index in [1.165, 1.54) is 0 Å². The Labute approximate surface area is 126 Å². The van der Waals surface area contributed by atoms with Crippen LogP contribution in [0.25, 0.3) is 5.57 Å². The first-order valence-corrected chi connectivity index (χ1v) is 6.43. The van der Waals surface area contributed by atoms with E-state index in [1.807, 2.05) is 12.1 Å². The van der Waals surface area contributed by atoms with E-state index in [2.05, 4.69) is 10.6 Å². The minimum atomic E-state index is -1.35. The van der Waals surface area contributed by atoms with Gasteiger partial charge in [-0.3, -0.25) is 10.6 Å². The van der Waals surface area contributed by atoms with E-state index < -0.39 is 12.2 Å². The molecule has 0 aliphatic rings. The third-order valence-electron chi connectivity index (χ3n) is 2.84. The van der Waals surface area contributed by atoms with E-state index >= 15 is 0 Å². The van der Waals surface area contributed by atoms with Crippen LogP contribution >= 0.6 is 0 Å². The topological polar surface area (TPSA) is 98.7 Å². The van der Waals surface area contributed by atoms with E-state index in [1.54, 1.807) is 48.5 Å². The lowest BCUT2D eigenvalue weighted by Crippen LogP contribution is -2.34. The Morgan fingerprint density at radius 2 is 1.05 bits per heavy atom. The molecule has 2 rings (SSSR count). The molecular formula is C16H14N2O4. The molecule has 0 aliphatic carbocycles. The van der Waals surface area contributed by atoms with Gasteiger partial charge in [-0.05, 0) is 11.1 Å². The van der Waals surface area contributed by atoms with Crippen molar-refractivity contribution in [2.24, 2.45) is 0 Å². The average molecular weight is 298 g/mol. The molecule has 22 heavy (non-hydrogen) atoms. The Morgan fingerprint density at radius 1 is 0.682 bits per heavy atom. The molecule has 0 saturated carbocycles. The third-order valence-corrected chi connectivity index (χ3v) is 2.84. The van der Waals surface area contributed by atoms with Crippen molar-refractivity contribution >= 4 is 17.8 Å². The van der Waals surface area contributed by atoms with Crippen LogP contribution in [0.3, 0.4) is 0 Å². The molecule has 0 aliphatic heterocycles. The summed E-state index contributed by atoms with van der Waals surface area (Å²) in [6, 6.07) is 17.9. The summed E-state index contributed by atoms with van der Waals surface area (Å²) in [6.07, 6.45) is -2.71. The van der Waals surface area contributed by atoms with Gasteiger partial charge in [0.15, 0.2) is 0 Å². The number of amides is 2. The van der Waals surface area contributed by atoms with Gasteiger partial charge in [0.1, 0.15) is 5.82 Å². The summed E-state index contributed by atoms with van der Waals surface area (Å²) in [6.45, 7) is 0. The first-order valence-electron chi connectivity index (χ1n) is 6.43. The predicted molar refractivity (Wildman–Crippen MR) is 81.2 cm³/mol.